The van der Waals surface area contributed by atoms with E-state index in [0.29, 0.717) is 0 Å². The average molecular weight is 218 g/mol. The molecule has 0 amide bonds. The summed E-state index contributed by atoms with van der Waals surface area (Å²) in [6.07, 6.45) is -1.49. The number of nitrogens with zero attached hydrogens (tertiary/aromatic N) is 1. The lowest BCUT2D eigenvalue weighted by Crippen LogP contribution is -2.18. The van der Waals surface area contributed by atoms with Crippen LogP contribution >= 0.6 is 0 Å². The Hall–Kier alpha value is -1.23. The van der Waals surface area contributed by atoms with Crippen LogP contribution in [0.3, 0.4) is 0 Å². The first-order valence-corrected chi connectivity index (χ1v) is 4.48. The number of hydrogen-bond acceptors (Lipinski definition) is 2. The van der Waals surface area contributed by atoms with Crippen LogP contribution in [-0.2, 0) is 0 Å². The van der Waals surface area contributed by atoms with Gasteiger partial charge in [0.2, 0.25) is 0 Å². The van der Waals surface area contributed by atoms with Crippen molar-refractivity contribution in [1.82, 2.24) is 0 Å². The molecule has 0 heterocycles. The number of anilines is 1. The molecule has 1 aromatic rings. The molecule has 0 aliphatic heterocycles. The summed E-state index contributed by atoms with van der Waals surface area (Å²) in [6.45, 7) is -0.258. The molecule has 5 heteroatoms. The molecule has 0 aliphatic carbocycles. The zero-order valence-corrected chi connectivity index (χ0v) is 8.60. The van der Waals surface area contributed by atoms with Crippen LogP contribution in [0.25, 0.3) is 0 Å². The van der Waals surface area contributed by atoms with Crippen molar-refractivity contribution in [2.45, 2.75) is 6.17 Å². The quantitative estimate of drug-likeness (QED) is 0.840. The number of rotatable bonds is 3. The topological polar surface area (TPSA) is 29.3 Å². The first kappa shape index (κ1) is 11.8. The van der Waals surface area contributed by atoms with E-state index in [0.717, 1.165) is 6.07 Å². The highest BCUT2D eigenvalue weighted by Crippen LogP contribution is 2.31. The lowest BCUT2D eigenvalue weighted by atomic mass is 10.1. The van der Waals surface area contributed by atoms with Crippen LogP contribution < -0.4 is 10.6 Å². The zero-order valence-electron chi connectivity index (χ0n) is 8.60. The van der Waals surface area contributed by atoms with E-state index in [-0.39, 0.29) is 17.8 Å². The first-order valence-electron chi connectivity index (χ1n) is 4.48. The van der Waals surface area contributed by atoms with Crippen molar-refractivity contribution in [2.24, 2.45) is 5.73 Å². The summed E-state index contributed by atoms with van der Waals surface area (Å²) in [7, 11) is 3.04. The molecule has 15 heavy (non-hydrogen) atoms. The molecule has 1 unspecified atom stereocenters. The second-order valence-corrected chi connectivity index (χ2v) is 3.40. The number of halogens is 3. The Labute approximate surface area is 86.5 Å². The van der Waals surface area contributed by atoms with Gasteiger partial charge in [-0.3, -0.25) is 0 Å². The molecular weight excluding hydrogens is 205 g/mol. The van der Waals surface area contributed by atoms with E-state index in [1.807, 2.05) is 0 Å². The maximum Gasteiger partial charge on any atom is 0.182 e. The fourth-order valence-electron chi connectivity index (χ4n) is 1.39. The molecule has 1 aromatic carbocycles. The van der Waals surface area contributed by atoms with Crippen molar-refractivity contribution in [3.05, 3.63) is 29.3 Å². The van der Waals surface area contributed by atoms with Crippen molar-refractivity contribution in [3.63, 3.8) is 0 Å². The Morgan fingerprint density at radius 3 is 2.40 bits per heavy atom. The highest BCUT2D eigenvalue weighted by atomic mass is 19.2. The van der Waals surface area contributed by atoms with Crippen LogP contribution in [0, 0.1) is 11.6 Å². The maximum atomic E-state index is 13.4. The Morgan fingerprint density at radius 2 is 1.93 bits per heavy atom. The third kappa shape index (κ3) is 2.23. The molecule has 1 atom stereocenters. The van der Waals surface area contributed by atoms with Crippen LogP contribution in [0.1, 0.15) is 11.7 Å². The SMILES string of the molecule is CN(C)c1c(C(F)CN)ccc(F)c1F. The number of alkyl halides is 1. The largest absolute Gasteiger partial charge is 0.375 e. The van der Waals surface area contributed by atoms with Gasteiger partial charge in [0.1, 0.15) is 6.17 Å². The second kappa shape index (κ2) is 4.53. The van der Waals surface area contributed by atoms with Gasteiger partial charge in [-0.2, -0.15) is 0 Å². The molecule has 84 valence electrons. The predicted octanol–water partition coefficient (Wildman–Crippen LogP) is 2.00. The summed E-state index contributed by atoms with van der Waals surface area (Å²) >= 11 is 0. The van der Waals surface area contributed by atoms with Crippen LogP contribution in [0.4, 0.5) is 18.9 Å². The van der Waals surface area contributed by atoms with Crippen molar-refractivity contribution >= 4 is 5.69 Å². The summed E-state index contributed by atoms with van der Waals surface area (Å²) in [5.74, 6) is -2.04. The van der Waals surface area contributed by atoms with E-state index in [9.17, 15) is 13.2 Å². The summed E-state index contributed by atoms with van der Waals surface area (Å²) in [5, 5.41) is 0. The Bertz CT molecular complexity index is 353. The van der Waals surface area contributed by atoms with E-state index in [4.69, 9.17) is 5.73 Å². The minimum absolute atomic E-state index is 0.0707. The van der Waals surface area contributed by atoms with Gasteiger partial charge < -0.3 is 10.6 Å². The van der Waals surface area contributed by atoms with Gasteiger partial charge in [-0.15, -0.1) is 0 Å². The van der Waals surface area contributed by atoms with E-state index < -0.39 is 17.8 Å². The van der Waals surface area contributed by atoms with Crippen LogP contribution in [-0.4, -0.2) is 20.6 Å². The van der Waals surface area contributed by atoms with E-state index in [1.165, 1.54) is 25.1 Å². The van der Waals surface area contributed by atoms with Crippen LogP contribution in [0.2, 0.25) is 0 Å². The lowest BCUT2D eigenvalue weighted by Gasteiger charge is -2.20. The van der Waals surface area contributed by atoms with Crippen molar-refractivity contribution in [3.8, 4) is 0 Å². The average Bonchev–Trinajstić information content (AvgIpc) is 2.20. The fraction of sp³-hybridized carbons (Fsp3) is 0.400. The highest BCUT2D eigenvalue weighted by molar-refractivity contribution is 5.55. The molecule has 1 rings (SSSR count). The Kier molecular flexibility index (Phi) is 3.57. The minimum atomic E-state index is -1.49. The van der Waals surface area contributed by atoms with E-state index in [2.05, 4.69) is 0 Å². The molecule has 0 saturated heterocycles. The minimum Gasteiger partial charge on any atom is -0.375 e. The van der Waals surface area contributed by atoms with E-state index >= 15 is 0 Å². The normalized spacial score (nSPS) is 12.7. The van der Waals surface area contributed by atoms with Crippen LogP contribution in [0.15, 0.2) is 12.1 Å². The van der Waals surface area contributed by atoms with Gasteiger partial charge >= 0.3 is 0 Å². The van der Waals surface area contributed by atoms with Gasteiger partial charge in [0, 0.05) is 26.2 Å². The monoisotopic (exact) mass is 218 g/mol. The molecule has 0 spiro atoms. The van der Waals surface area contributed by atoms with Gasteiger partial charge in [0.25, 0.3) is 0 Å². The number of hydrogen-bond donors (Lipinski definition) is 1. The second-order valence-electron chi connectivity index (χ2n) is 3.40. The number of benzene rings is 1. The fourth-order valence-corrected chi connectivity index (χ4v) is 1.39. The molecule has 2 N–H and O–H groups in total. The Morgan fingerprint density at radius 1 is 1.33 bits per heavy atom. The molecule has 0 radical (unpaired) electrons. The third-order valence-electron chi connectivity index (χ3n) is 2.09. The predicted molar refractivity (Wildman–Crippen MR) is 53.6 cm³/mol. The first-order chi connectivity index (χ1) is 6.99. The van der Waals surface area contributed by atoms with Crippen LogP contribution in [0.5, 0.6) is 0 Å². The molecule has 0 fully saturated rings. The van der Waals surface area contributed by atoms with Gasteiger partial charge in [0.05, 0.1) is 5.69 Å². The Balaban J connectivity index is 3.33. The zero-order chi connectivity index (χ0) is 11.6. The van der Waals surface area contributed by atoms with Gasteiger partial charge in [0.15, 0.2) is 11.6 Å². The maximum absolute atomic E-state index is 13.4. The smallest absolute Gasteiger partial charge is 0.182 e. The third-order valence-corrected chi connectivity index (χ3v) is 2.09. The van der Waals surface area contributed by atoms with Crippen molar-refractivity contribution in [2.75, 3.05) is 25.5 Å². The molecule has 0 aromatic heterocycles. The van der Waals surface area contributed by atoms with Gasteiger partial charge in [-0.25, -0.2) is 13.2 Å². The van der Waals surface area contributed by atoms with E-state index in [1.54, 1.807) is 0 Å². The molecule has 0 bridgehead atoms. The standard InChI is InChI=1S/C10H13F3N2/c1-15(2)10-6(8(12)5-14)3-4-7(11)9(10)13/h3-4,8H,5,14H2,1-2H3. The number of nitrogens with two attached hydrogens (primary N) is 1. The summed E-state index contributed by atoms with van der Waals surface area (Å²) in [5.41, 5.74) is 5.13. The summed E-state index contributed by atoms with van der Waals surface area (Å²) in [6, 6.07) is 2.12. The molecular formula is C10H13F3N2. The molecule has 2 nitrogen and oxygen atoms in total. The molecule has 0 aliphatic rings. The highest BCUT2D eigenvalue weighted by Gasteiger charge is 2.20. The van der Waals surface area contributed by atoms with Crippen molar-refractivity contribution in [1.29, 1.82) is 0 Å². The van der Waals surface area contributed by atoms with Gasteiger partial charge in [-0.1, -0.05) is 6.07 Å². The summed E-state index contributed by atoms with van der Waals surface area (Å²) < 4.78 is 39.7. The molecule has 0 saturated carbocycles. The van der Waals surface area contributed by atoms with Crippen molar-refractivity contribution < 1.29 is 13.2 Å². The summed E-state index contributed by atoms with van der Waals surface area (Å²) in [4.78, 5) is 1.33. The van der Waals surface area contributed by atoms with Gasteiger partial charge in [-0.05, 0) is 6.07 Å². The lowest BCUT2D eigenvalue weighted by molar-refractivity contribution is 0.351.